The quantitative estimate of drug-likeness (QED) is 0.385. The molecule has 2 fully saturated rings. The summed E-state index contributed by atoms with van der Waals surface area (Å²) in [6, 6.07) is 0. The molecule has 4 atom stereocenters. The van der Waals surface area contributed by atoms with Crippen LogP contribution in [-0.2, 0) is 14.3 Å². The molecule has 0 aromatic carbocycles. The third-order valence-corrected chi connectivity index (χ3v) is 5.36. The van der Waals surface area contributed by atoms with Crippen molar-refractivity contribution in [2.75, 3.05) is 13.2 Å². The molecule has 2 saturated heterocycles. The monoisotopic (exact) mass is 350 g/mol. The summed E-state index contributed by atoms with van der Waals surface area (Å²) >= 11 is 0. The normalized spacial score (nSPS) is 28.5. The number of carboxylic acids is 1. The Morgan fingerprint density at radius 1 is 1.12 bits per heavy atom. The van der Waals surface area contributed by atoms with Gasteiger partial charge in [0.2, 0.25) is 0 Å². The van der Waals surface area contributed by atoms with Gasteiger partial charge in [-0.25, -0.2) is 0 Å². The van der Waals surface area contributed by atoms with E-state index in [1.807, 2.05) is 0 Å². The number of hydrogen-bond acceptors (Lipinski definition) is 3. The van der Waals surface area contributed by atoms with E-state index in [-0.39, 0.29) is 6.42 Å². The van der Waals surface area contributed by atoms with Crippen molar-refractivity contribution in [1.82, 2.24) is 0 Å². The standard InChI is InChI=1S/C21H34O4/c1-2-3-4-9-15-24-16-14-18-17(19-12-13-20(18)25-19)10-7-5-6-8-11-21(22)23/h4-5,7,9,17-20H,2-3,6,8,10-16H2,1H3,(H,22,23)/t17-,18-,19-,20+/m1/s1. The van der Waals surface area contributed by atoms with E-state index in [1.54, 1.807) is 0 Å². The number of rotatable bonds is 13. The molecule has 2 heterocycles. The largest absolute Gasteiger partial charge is 0.481 e. The van der Waals surface area contributed by atoms with Gasteiger partial charge in [-0.3, -0.25) is 4.79 Å². The van der Waals surface area contributed by atoms with Crippen LogP contribution in [0.4, 0.5) is 0 Å². The van der Waals surface area contributed by atoms with Gasteiger partial charge in [0.05, 0.1) is 18.8 Å². The van der Waals surface area contributed by atoms with Gasteiger partial charge in [0.1, 0.15) is 0 Å². The molecule has 0 radical (unpaired) electrons. The van der Waals surface area contributed by atoms with Crippen molar-refractivity contribution in [3.8, 4) is 0 Å². The van der Waals surface area contributed by atoms with Crippen molar-refractivity contribution >= 4 is 5.97 Å². The zero-order chi connectivity index (χ0) is 17.9. The average molecular weight is 350 g/mol. The molecule has 4 nitrogen and oxygen atoms in total. The minimum Gasteiger partial charge on any atom is -0.481 e. The maximum Gasteiger partial charge on any atom is 0.303 e. The smallest absolute Gasteiger partial charge is 0.303 e. The molecule has 0 unspecified atom stereocenters. The minimum absolute atomic E-state index is 0.258. The first-order valence-corrected chi connectivity index (χ1v) is 9.97. The minimum atomic E-state index is -0.709. The van der Waals surface area contributed by atoms with Crippen LogP contribution in [0.25, 0.3) is 0 Å². The molecule has 2 bridgehead atoms. The lowest BCUT2D eigenvalue weighted by Gasteiger charge is -2.27. The predicted octanol–water partition coefficient (Wildman–Crippen LogP) is 4.74. The van der Waals surface area contributed by atoms with Crippen molar-refractivity contribution < 1.29 is 19.4 Å². The van der Waals surface area contributed by atoms with E-state index in [9.17, 15) is 4.79 Å². The fraction of sp³-hybridized carbons (Fsp3) is 0.762. The average Bonchev–Trinajstić information content (AvgIpc) is 3.19. The number of hydrogen-bond donors (Lipinski definition) is 1. The van der Waals surface area contributed by atoms with E-state index >= 15 is 0 Å². The maximum atomic E-state index is 10.5. The molecule has 25 heavy (non-hydrogen) atoms. The summed E-state index contributed by atoms with van der Waals surface area (Å²) in [6.07, 6.45) is 18.2. The molecule has 4 heteroatoms. The molecule has 2 aliphatic rings. The Bertz CT molecular complexity index is 443. The van der Waals surface area contributed by atoms with Crippen molar-refractivity contribution in [3.63, 3.8) is 0 Å². The first kappa shape index (κ1) is 20.2. The molecule has 0 spiro atoms. The summed E-state index contributed by atoms with van der Waals surface area (Å²) in [4.78, 5) is 10.5. The van der Waals surface area contributed by atoms with Crippen molar-refractivity contribution in [2.45, 2.75) is 76.9 Å². The number of unbranched alkanes of at least 4 members (excludes halogenated alkanes) is 2. The molecule has 0 aromatic heterocycles. The molecule has 2 rings (SSSR count). The van der Waals surface area contributed by atoms with Gasteiger partial charge in [-0.05, 0) is 56.8 Å². The Balaban J connectivity index is 1.66. The summed E-state index contributed by atoms with van der Waals surface area (Å²) in [5.74, 6) is 0.509. The Kier molecular flexibility index (Phi) is 9.27. The molecule has 0 aliphatic carbocycles. The highest BCUT2D eigenvalue weighted by Gasteiger charge is 2.47. The molecule has 1 N–H and O–H groups in total. The summed E-state index contributed by atoms with van der Waals surface area (Å²) in [5, 5.41) is 8.66. The zero-order valence-electron chi connectivity index (χ0n) is 15.6. The van der Waals surface area contributed by atoms with Crippen molar-refractivity contribution in [3.05, 3.63) is 24.3 Å². The van der Waals surface area contributed by atoms with Gasteiger partial charge in [-0.15, -0.1) is 0 Å². The Hall–Kier alpha value is -1.13. The van der Waals surface area contributed by atoms with Crippen LogP contribution in [0.15, 0.2) is 24.3 Å². The lowest BCUT2D eigenvalue weighted by molar-refractivity contribution is -0.137. The van der Waals surface area contributed by atoms with Crippen LogP contribution in [0, 0.1) is 11.8 Å². The lowest BCUT2D eigenvalue weighted by Crippen LogP contribution is -2.28. The predicted molar refractivity (Wildman–Crippen MR) is 99.6 cm³/mol. The van der Waals surface area contributed by atoms with E-state index < -0.39 is 5.97 Å². The van der Waals surface area contributed by atoms with Crippen LogP contribution in [0.2, 0.25) is 0 Å². The van der Waals surface area contributed by atoms with E-state index in [0.29, 0.717) is 24.0 Å². The van der Waals surface area contributed by atoms with Gasteiger partial charge >= 0.3 is 5.97 Å². The second kappa shape index (κ2) is 11.5. The van der Waals surface area contributed by atoms with Crippen LogP contribution in [0.3, 0.4) is 0 Å². The zero-order valence-corrected chi connectivity index (χ0v) is 15.6. The van der Waals surface area contributed by atoms with E-state index in [2.05, 4.69) is 31.2 Å². The van der Waals surface area contributed by atoms with Gasteiger partial charge in [-0.1, -0.05) is 37.6 Å². The molecule has 142 valence electrons. The highest BCUT2D eigenvalue weighted by atomic mass is 16.5. The molecular weight excluding hydrogens is 316 g/mol. The summed E-state index contributed by atoms with van der Waals surface area (Å²) in [6.45, 7) is 3.71. The second-order valence-electron chi connectivity index (χ2n) is 7.23. The molecule has 0 saturated carbocycles. The number of carboxylic acid groups (broad SMARTS) is 1. The van der Waals surface area contributed by atoms with Crippen LogP contribution >= 0.6 is 0 Å². The van der Waals surface area contributed by atoms with Crippen LogP contribution in [0.5, 0.6) is 0 Å². The highest BCUT2D eigenvalue weighted by Crippen LogP contribution is 2.46. The molecule has 2 aliphatic heterocycles. The number of carbonyl (C=O) groups is 1. The maximum absolute atomic E-state index is 10.5. The third-order valence-electron chi connectivity index (χ3n) is 5.36. The van der Waals surface area contributed by atoms with Crippen LogP contribution < -0.4 is 0 Å². The first-order valence-electron chi connectivity index (χ1n) is 9.97. The van der Waals surface area contributed by atoms with Crippen LogP contribution in [-0.4, -0.2) is 36.5 Å². The van der Waals surface area contributed by atoms with Crippen molar-refractivity contribution in [2.24, 2.45) is 11.8 Å². The van der Waals surface area contributed by atoms with Gasteiger partial charge < -0.3 is 14.6 Å². The van der Waals surface area contributed by atoms with Crippen LogP contribution in [0.1, 0.15) is 64.7 Å². The number of fused-ring (bicyclic) bond motifs is 2. The fourth-order valence-electron chi connectivity index (χ4n) is 4.06. The van der Waals surface area contributed by atoms with Crippen molar-refractivity contribution in [1.29, 1.82) is 0 Å². The van der Waals surface area contributed by atoms with Gasteiger partial charge in [0.15, 0.2) is 0 Å². The molecule has 0 amide bonds. The number of ether oxygens (including phenoxy) is 2. The SMILES string of the molecule is CCCC=CCOCC[C@@H]1[C@@H](CC=CCCCC(=O)O)[C@H]2CC[C@@H]1O2. The molecule has 0 aromatic rings. The summed E-state index contributed by atoms with van der Waals surface area (Å²) in [5.41, 5.74) is 0. The highest BCUT2D eigenvalue weighted by molar-refractivity contribution is 5.66. The van der Waals surface area contributed by atoms with E-state index in [1.165, 1.54) is 19.3 Å². The number of allylic oxidation sites excluding steroid dienone is 3. The molecular formula is C21H34O4. The number of aliphatic carboxylic acids is 1. The first-order chi connectivity index (χ1) is 12.2. The van der Waals surface area contributed by atoms with Gasteiger partial charge in [-0.2, -0.15) is 0 Å². The lowest BCUT2D eigenvalue weighted by atomic mass is 9.76. The summed E-state index contributed by atoms with van der Waals surface area (Å²) in [7, 11) is 0. The fourth-order valence-corrected chi connectivity index (χ4v) is 4.06. The van der Waals surface area contributed by atoms with Gasteiger partial charge in [0, 0.05) is 13.0 Å². The second-order valence-corrected chi connectivity index (χ2v) is 7.23. The Labute approximate surface area is 152 Å². The Morgan fingerprint density at radius 3 is 2.64 bits per heavy atom. The van der Waals surface area contributed by atoms with E-state index in [4.69, 9.17) is 14.6 Å². The summed E-state index contributed by atoms with van der Waals surface area (Å²) < 4.78 is 11.9. The van der Waals surface area contributed by atoms with Gasteiger partial charge in [0.25, 0.3) is 0 Å². The Morgan fingerprint density at radius 2 is 1.88 bits per heavy atom. The van der Waals surface area contributed by atoms with E-state index in [0.717, 1.165) is 45.3 Å². The topological polar surface area (TPSA) is 55.8 Å². The third kappa shape index (κ3) is 6.95.